The fraction of sp³-hybridized carbons (Fsp3) is 0.100. The summed E-state index contributed by atoms with van der Waals surface area (Å²) in [5.41, 5.74) is 6.85. The van der Waals surface area contributed by atoms with Crippen LogP contribution in [0.4, 0.5) is 5.13 Å². The van der Waals surface area contributed by atoms with Gasteiger partial charge in [-0.15, -0.1) is 21.5 Å². The normalized spacial score (nSPS) is 11.1. The van der Waals surface area contributed by atoms with Crippen LogP contribution in [0.3, 0.4) is 0 Å². The van der Waals surface area contributed by atoms with Gasteiger partial charge in [-0.2, -0.15) is 5.10 Å². The quantitative estimate of drug-likeness (QED) is 0.384. The average Bonchev–Trinajstić information content (AvgIpc) is 3.39. The molecule has 6 nitrogen and oxygen atoms in total. The van der Waals surface area contributed by atoms with Gasteiger partial charge in [0.15, 0.2) is 0 Å². The van der Waals surface area contributed by atoms with Crippen molar-refractivity contribution in [2.24, 2.45) is 5.10 Å². The van der Waals surface area contributed by atoms with Crippen molar-refractivity contribution in [3.05, 3.63) is 71.4 Å². The summed E-state index contributed by atoms with van der Waals surface area (Å²) in [6, 6.07) is 17.8. The summed E-state index contributed by atoms with van der Waals surface area (Å²) >= 11 is 1.52. The monoisotopic (exact) mass is 375 g/mol. The summed E-state index contributed by atoms with van der Waals surface area (Å²) < 4.78 is 5.56. The second kappa shape index (κ2) is 7.92. The van der Waals surface area contributed by atoms with Crippen LogP contribution in [-0.2, 0) is 6.42 Å². The maximum absolute atomic E-state index is 5.56. The van der Waals surface area contributed by atoms with Crippen molar-refractivity contribution >= 4 is 22.7 Å². The lowest BCUT2D eigenvalue weighted by Crippen LogP contribution is -1.90. The summed E-state index contributed by atoms with van der Waals surface area (Å²) in [6.07, 6.45) is 2.48. The van der Waals surface area contributed by atoms with Crippen LogP contribution in [0.5, 0.6) is 0 Å². The SMILES string of the molecule is CCc1nnc(-c2ccc(C=NNc3nc(-c4ccccc4)cs3)cc2)o1. The fourth-order valence-electron chi connectivity index (χ4n) is 2.45. The molecule has 0 bridgehead atoms. The van der Waals surface area contributed by atoms with Crippen molar-refractivity contribution in [3.63, 3.8) is 0 Å². The minimum atomic E-state index is 0.532. The number of anilines is 1. The molecule has 0 fully saturated rings. The van der Waals surface area contributed by atoms with Gasteiger partial charge in [-0.1, -0.05) is 49.4 Å². The Morgan fingerprint density at radius 3 is 2.59 bits per heavy atom. The van der Waals surface area contributed by atoms with Gasteiger partial charge in [0.05, 0.1) is 11.9 Å². The lowest BCUT2D eigenvalue weighted by molar-refractivity contribution is 0.513. The molecule has 1 N–H and O–H groups in total. The molecule has 27 heavy (non-hydrogen) atoms. The Morgan fingerprint density at radius 2 is 1.85 bits per heavy atom. The Morgan fingerprint density at radius 1 is 1.04 bits per heavy atom. The summed E-state index contributed by atoms with van der Waals surface area (Å²) in [6.45, 7) is 1.98. The topological polar surface area (TPSA) is 76.2 Å². The number of thiazole rings is 1. The third-order valence-electron chi connectivity index (χ3n) is 3.87. The molecule has 0 aliphatic rings. The molecule has 0 aliphatic carbocycles. The van der Waals surface area contributed by atoms with Gasteiger partial charge in [-0.3, -0.25) is 5.43 Å². The zero-order valence-electron chi connectivity index (χ0n) is 14.7. The molecule has 0 saturated heterocycles. The minimum Gasteiger partial charge on any atom is -0.421 e. The number of hydrazone groups is 1. The molecule has 0 amide bonds. The number of nitrogens with one attached hydrogen (secondary N) is 1. The number of hydrogen-bond donors (Lipinski definition) is 1. The lowest BCUT2D eigenvalue weighted by atomic mass is 10.1. The second-order valence-electron chi connectivity index (χ2n) is 5.75. The van der Waals surface area contributed by atoms with E-state index in [9.17, 15) is 0 Å². The molecule has 0 radical (unpaired) electrons. The smallest absolute Gasteiger partial charge is 0.247 e. The highest BCUT2D eigenvalue weighted by atomic mass is 32.1. The lowest BCUT2D eigenvalue weighted by Gasteiger charge is -1.97. The molecule has 0 aliphatic heterocycles. The van der Waals surface area contributed by atoms with Gasteiger partial charge in [0.25, 0.3) is 0 Å². The first-order valence-corrected chi connectivity index (χ1v) is 9.42. The first-order chi connectivity index (χ1) is 13.3. The molecule has 7 heteroatoms. The van der Waals surface area contributed by atoms with E-state index in [0.29, 0.717) is 11.8 Å². The number of rotatable bonds is 6. The van der Waals surface area contributed by atoms with E-state index in [2.05, 4.69) is 25.7 Å². The summed E-state index contributed by atoms with van der Waals surface area (Å²) in [7, 11) is 0. The van der Waals surface area contributed by atoms with Crippen LogP contribution < -0.4 is 5.43 Å². The van der Waals surface area contributed by atoms with Gasteiger partial charge in [-0.25, -0.2) is 4.98 Å². The van der Waals surface area contributed by atoms with E-state index in [1.165, 1.54) is 11.3 Å². The highest BCUT2D eigenvalue weighted by Crippen LogP contribution is 2.24. The Bertz CT molecular complexity index is 1040. The molecule has 2 aromatic carbocycles. The molecule has 0 atom stereocenters. The maximum atomic E-state index is 5.56. The van der Waals surface area contributed by atoms with E-state index in [1.54, 1.807) is 6.21 Å². The fourth-order valence-corrected chi connectivity index (χ4v) is 3.12. The van der Waals surface area contributed by atoms with Crippen LogP contribution in [0.15, 0.2) is 69.5 Å². The number of benzene rings is 2. The molecule has 0 saturated carbocycles. The summed E-state index contributed by atoms with van der Waals surface area (Å²) in [4.78, 5) is 4.54. The third kappa shape index (κ3) is 4.09. The van der Waals surface area contributed by atoms with Crippen LogP contribution in [0.2, 0.25) is 0 Å². The van der Waals surface area contributed by atoms with Crippen LogP contribution in [0.25, 0.3) is 22.7 Å². The van der Waals surface area contributed by atoms with E-state index >= 15 is 0 Å². The van der Waals surface area contributed by atoms with E-state index in [1.807, 2.05) is 66.9 Å². The molecule has 2 aromatic heterocycles. The molecule has 134 valence electrons. The highest BCUT2D eigenvalue weighted by Gasteiger charge is 2.06. The van der Waals surface area contributed by atoms with Crippen molar-refractivity contribution in [2.75, 3.05) is 5.43 Å². The molecule has 4 rings (SSSR count). The first kappa shape index (κ1) is 17.1. The van der Waals surface area contributed by atoms with Crippen LogP contribution in [0, 0.1) is 0 Å². The predicted molar refractivity (Wildman–Crippen MR) is 108 cm³/mol. The highest BCUT2D eigenvalue weighted by molar-refractivity contribution is 7.14. The maximum Gasteiger partial charge on any atom is 0.247 e. The number of nitrogens with zero attached hydrogens (tertiary/aromatic N) is 4. The first-order valence-electron chi connectivity index (χ1n) is 8.54. The Balaban J connectivity index is 1.39. The average molecular weight is 375 g/mol. The number of aromatic nitrogens is 3. The largest absolute Gasteiger partial charge is 0.421 e. The molecule has 0 unspecified atom stereocenters. The van der Waals surface area contributed by atoms with Crippen molar-refractivity contribution in [1.82, 2.24) is 15.2 Å². The van der Waals surface area contributed by atoms with Gasteiger partial charge < -0.3 is 4.42 Å². The van der Waals surface area contributed by atoms with Crippen molar-refractivity contribution in [1.29, 1.82) is 0 Å². The van der Waals surface area contributed by atoms with E-state index in [4.69, 9.17) is 4.42 Å². The van der Waals surface area contributed by atoms with Crippen molar-refractivity contribution in [3.8, 4) is 22.7 Å². The van der Waals surface area contributed by atoms with Crippen molar-refractivity contribution in [2.45, 2.75) is 13.3 Å². The molecular weight excluding hydrogens is 358 g/mol. The third-order valence-corrected chi connectivity index (χ3v) is 4.62. The summed E-state index contributed by atoms with van der Waals surface area (Å²) in [5, 5.41) is 15.0. The van der Waals surface area contributed by atoms with Gasteiger partial charge in [0.1, 0.15) is 0 Å². The zero-order valence-corrected chi connectivity index (χ0v) is 15.5. The summed E-state index contributed by atoms with van der Waals surface area (Å²) in [5.74, 6) is 1.17. The second-order valence-corrected chi connectivity index (χ2v) is 6.61. The Labute approximate surface area is 160 Å². The van der Waals surface area contributed by atoms with Crippen LogP contribution in [-0.4, -0.2) is 21.4 Å². The standard InChI is InChI=1S/C20H17N5OS/c1-2-18-23-24-19(26-18)16-10-8-14(9-11-16)12-21-25-20-22-17(13-27-20)15-6-4-3-5-7-15/h3-13H,2H2,1H3,(H,22,25). The van der Waals surface area contributed by atoms with Gasteiger partial charge in [0.2, 0.25) is 16.9 Å². The van der Waals surface area contributed by atoms with Gasteiger partial charge in [0, 0.05) is 22.9 Å². The van der Waals surface area contributed by atoms with Crippen LogP contribution in [0.1, 0.15) is 18.4 Å². The minimum absolute atomic E-state index is 0.532. The number of hydrogen-bond acceptors (Lipinski definition) is 7. The molecular formula is C20H17N5OS. The van der Waals surface area contributed by atoms with Gasteiger partial charge >= 0.3 is 0 Å². The molecule has 2 heterocycles. The Kier molecular flexibility index (Phi) is 5.02. The van der Waals surface area contributed by atoms with E-state index in [0.717, 1.165) is 33.9 Å². The van der Waals surface area contributed by atoms with E-state index < -0.39 is 0 Å². The number of aryl methyl sites for hydroxylation is 1. The van der Waals surface area contributed by atoms with E-state index in [-0.39, 0.29) is 0 Å². The predicted octanol–water partition coefficient (Wildman–Crippen LogP) is 4.87. The molecule has 4 aromatic rings. The van der Waals surface area contributed by atoms with Gasteiger partial charge in [-0.05, 0) is 17.7 Å². The van der Waals surface area contributed by atoms with Crippen molar-refractivity contribution < 1.29 is 4.42 Å². The molecule has 0 spiro atoms. The zero-order chi connectivity index (χ0) is 18.5. The van der Waals surface area contributed by atoms with Crippen LogP contribution >= 0.6 is 11.3 Å². The Hall–Kier alpha value is -3.32.